The second-order valence-electron chi connectivity index (χ2n) is 17.1. The Labute approximate surface area is 368 Å². The van der Waals surface area contributed by atoms with Crippen molar-refractivity contribution in [2.45, 2.75) is 18.3 Å². The molecule has 0 radical (unpaired) electrons. The number of fused-ring (bicyclic) bond motifs is 12. The van der Waals surface area contributed by atoms with Crippen LogP contribution in [0.4, 0.5) is 17.1 Å². The highest BCUT2D eigenvalue weighted by molar-refractivity contribution is 6.10. The number of benzene rings is 9. The first-order valence-corrected chi connectivity index (χ1v) is 22.2. The van der Waals surface area contributed by atoms with Crippen LogP contribution in [0.1, 0.15) is 35.1 Å². The quantitative estimate of drug-likeness (QED) is 0.163. The molecule has 1 unspecified atom stereocenters. The molecule has 3 aliphatic rings. The first-order valence-electron chi connectivity index (χ1n) is 22.2. The van der Waals surface area contributed by atoms with Gasteiger partial charge < -0.3 is 9.47 Å². The molecule has 0 saturated heterocycles. The molecule has 1 spiro atoms. The van der Waals surface area contributed by atoms with Gasteiger partial charge in [0.25, 0.3) is 0 Å². The van der Waals surface area contributed by atoms with Gasteiger partial charge in [0.1, 0.15) is 0 Å². The minimum atomic E-state index is -0.364. The molecule has 1 heterocycles. The summed E-state index contributed by atoms with van der Waals surface area (Å²) in [6.07, 6.45) is 6.84. The second-order valence-corrected chi connectivity index (χ2v) is 17.1. The highest BCUT2D eigenvalue weighted by atomic mass is 15.1. The van der Waals surface area contributed by atoms with Crippen molar-refractivity contribution >= 4 is 44.4 Å². The fourth-order valence-electron chi connectivity index (χ4n) is 11.3. The minimum absolute atomic E-state index is 0.364. The van der Waals surface area contributed by atoms with Gasteiger partial charge in [0, 0.05) is 33.4 Å². The Bertz CT molecular complexity index is 3500. The van der Waals surface area contributed by atoms with E-state index in [0.29, 0.717) is 0 Å². The van der Waals surface area contributed by atoms with E-state index >= 15 is 0 Å². The minimum Gasteiger partial charge on any atom is -0.310 e. The number of anilines is 3. The van der Waals surface area contributed by atoms with E-state index in [1.54, 1.807) is 0 Å². The van der Waals surface area contributed by atoms with Crippen LogP contribution in [0.5, 0.6) is 0 Å². The predicted molar refractivity (Wildman–Crippen MR) is 263 cm³/mol. The molecular formula is C61H42N2. The molecule has 0 saturated carbocycles. The molecule has 296 valence electrons. The first kappa shape index (κ1) is 35.8. The third kappa shape index (κ3) is 5.25. The van der Waals surface area contributed by atoms with Crippen molar-refractivity contribution in [3.8, 4) is 39.1 Å². The van der Waals surface area contributed by atoms with Gasteiger partial charge >= 0.3 is 0 Å². The number of nitrogens with zero attached hydrogens (tertiary/aromatic N) is 2. The van der Waals surface area contributed by atoms with Crippen LogP contribution >= 0.6 is 0 Å². The normalized spacial score (nSPS) is 15.7. The van der Waals surface area contributed by atoms with Crippen molar-refractivity contribution in [2.75, 3.05) is 4.90 Å². The van der Waals surface area contributed by atoms with Crippen molar-refractivity contribution in [1.82, 2.24) is 4.57 Å². The molecule has 0 aliphatic heterocycles. The zero-order valence-electron chi connectivity index (χ0n) is 34.7. The molecule has 2 heteroatoms. The Balaban J connectivity index is 1.05. The van der Waals surface area contributed by atoms with Crippen molar-refractivity contribution in [3.05, 3.63) is 258 Å². The van der Waals surface area contributed by atoms with E-state index in [1.807, 2.05) is 0 Å². The lowest BCUT2D eigenvalue weighted by molar-refractivity contribution is 0.714. The van der Waals surface area contributed by atoms with E-state index in [-0.39, 0.29) is 5.41 Å². The number of aromatic nitrogens is 1. The zero-order valence-corrected chi connectivity index (χ0v) is 34.7. The lowest BCUT2D eigenvalue weighted by Gasteiger charge is -2.34. The molecule has 0 fully saturated rings. The van der Waals surface area contributed by atoms with Crippen LogP contribution < -0.4 is 4.90 Å². The Morgan fingerprint density at radius 3 is 1.84 bits per heavy atom. The summed E-state index contributed by atoms with van der Waals surface area (Å²) in [4.78, 5) is 2.49. The zero-order chi connectivity index (χ0) is 41.5. The van der Waals surface area contributed by atoms with Crippen LogP contribution in [-0.2, 0) is 5.41 Å². The van der Waals surface area contributed by atoms with Crippen molar-refractivity contribution in [3.63, 3.8) is 0 Å². The summed E-state index contributed by atoms with van der Waals surface area (Å²) in [5, 5.41) is 2.50. The van der Waals surface area contributed by atoms with Crippen LogP contribution in [0.3, 0.4) is 0 Å². The largest absolute Gasteiger partial charge is 0.310 e. The van der Waals surface area contributed by atoms with Crippen LogP contribution in [0.25, 0.3) is 66.4 Å². The fourth-order valence-corrected chi connectivity index (χ4v) is 11.3. The van der Waals surface area contributed by atoms with Crippen molar-refractivity contribution < 1.29 is 0 Å². The second kappa shape index (κ2) is 14.1. The summed E-state index contributed by atoms with van der Waals surface area (Å²) in [6, 6.07) is 80.9. The van der Waals surface area contributed by atoms with E-state index in [4.69, 9.17) is 0 Å². The van der Waals surface area contributed by atoms with E-state index in [2.05, 4.69) is 240 Å². The molecule has 63 heavy (non-hydrogen) atoms. The van der Waals surface area contributed by atoms with Crippen molar-refractivity contribution in [1.29, 1.82) is 0 Å². The van der Waals surface area contributed by atoms with Gasteiger partial charge in [-0.05, 0) is 129 Å². The van der Waals surface area contributed by atoms with Gasteiger partial charge in [0.2, 0.25) is 0 Å². The summed E-state index contributed by atoms with van der Waals surface area (Å²) >= 11 is 0. The summed E-state index contributed by atoms with van der Waals surface area (Å²) in [6.45, 7) is 0. The molecule has 13 rings (SSSR count). The Kier molecular flexibility index (Phi) is 7.98. The summed E-state index contributed by atoms with van der Waals surface area (Å²) in [5.74, 6) is 0. The topological polar surface area (TPSA) is 8.17 Å². The van der Waals surface area contributed by atoms with Crippen LogP contribution in [0.15, 0.2) is 236 Å². The lowest BCUT2D eigenvalue weighted by Crippen LogP contribution is -2.28. The van der Waals surface area contributed by atoms with Gasteiger partial charge in [-0.2, -0.15) is 0 Å². The maximum absolute atomic E-state index is 2.53. The maximum Gasteiger partial charge on any atom is 0.0689 e. The number of allylic oxidation sites excluding steroid dienone is 4. The Morgan fingerprint density at radius 1 is 0.413 bits per heavy atom. The van der Waals surface area contributed by atoms with Crippen LogP contribution in [-0.4, -0.2) is 4.57 Å². The Hall–Kier alpha value is -7.94. The smallest absolute Gasteiger partial charge is 0.0689 e. The monoisotopic (exact) mass is 802 g/mol. The summed E-state index contributed by atoms with van der Waals surface area (Å²) in [5.41, 5.74) is 22.4. The van der Waals surface area contributed by atoms with E-state index < -0.39 is 0 Å². The van der Waals surface area contributed by atoms with E-state index in [0.717, 1.165) is 35.6 Å². The molecule has 3 aliphatic carbocycles. The van der Waals surface area contributed by atoms with Crippen LogP contribution in [0, 0.1) is 0 Å². The lowest BCUT2D eigenvalue weighted by atomic mass is 9.68. The van der Waals surface area contributed by atoms with Gasteiger partial charge in [-0.1, -0.05) is 176 Å². The molecule has 9 aromatic carbocycles. The van der Waals surface area contributed by atoms with Gasteiger partial charge in [-0.3, -0.25) is 0 Å². The Morgan fingerprint density at radius 2 is 1.02 bits per heavy atom. The molecule has 0 N–H and O–H groups in total. The van der Waals surface area contributed by atoms with Crippen LogP contribution in [0.2, 0.25) is 0 Å². The number of rotatable bonds is 6. The fraction of sp³-hybridized carbons (Fsp3) is 0.0492. The van der Waals surface area contributed by atoms with Gasteiger partial charge in [-0.15, -0.1) is 0 Å². The molecule has 1 atom stereocenters. The van der Waals surface area contributed by atoms with Gasteiger partial charge in [0.15, 0.2) is 0 Å². The van der Waals surface area contributed by atoms with E-state index in [9.17, 15) is 0 Å². The highest BCUT2D eigenvalue weighted by Crippen LogP contribution is 2.64. The average molecular weight is 803 g/mol. The van der Waals surface area contributed by atoms with Gasteiger partial charge in [-0.25, -0.2) is 0 Å². The SMILES string of the molecule is C1=CC2=C(CC1)C1(c3ccccc32)c2ccccc2-c2ccc(N(c3ccc(-c4ccccc4)cc3)c3ccccc3-c3ccc4c5ccccc5n(-c5ccccc5)c4c3)cc21. The highest BCUT2D eigenvalue weighted by Gasteiger charge is 2.52. The summed E-state index contributed by atoms with van der Waals surface area (Å²) < 4.78 is 2.41. The van der Waals surface area contributed by atoms with Gasteiger partial charge in [0.05, 0.1) is 22.1 Å². The summed E-state index contributed by atoms with van der Waals surface area (Å²) in [7, 11) is 0. The molecule has 0 bridgehead atoms. The molecule has 1 aromatic heterocycles. The third-order valence-corrected chi connectivity index (χ3v) is 13.9. The van der Waals surface area contributed by atoms with E-state index in [1.165, 1.54) is 88.6 Å². The molecular weight excluding hydrogens is 761 g/mol. The molecule has 0 amide bonds. The first-order chi connectivity index (χ1) is 31.3. The average Bonchev–Trinajstić information content (AvgIpc) is 3.96. The van der Waals surface area contributed by atoms with Crippen molar-refractivity contribution in [2.24, 2.45) is 0 Å². The molecule has 10 aromatic rings. The number of hydrogen-bond donors (Lipinski definition) is 0. The number of hydrogen-bond acceptors (Lipinski definition) is 1. The third-order valence-electron chi connectivity index (χ3n) is 13.9. The maximum atomic E-state index is 2.53. The predicted octanol–water partition coefficient (Wildman–Crippen LogP) is 16.0. The standard InChI is InChI=1S/C61H42N2/c1-3-17-41(18-4-1)42-31-34-45(35-32-42)62(58-29-15-10-21-47(58)43-33-37-53-52-25-11-16-30-59(52)63(60(53)39-43)44-19-5-2-6-20-44)46-36-38-51-50-24-9-14-28-56(50)61(57(51)40-46)54-26-12-7-22-48(54)49-23-8-13-27-55(49)61/h1-12,14-26,28-40H,13,27H2. The molecule has 2 nitrogen and oxygen atoms in total. The number of para-hydroxylation sites is 3.